The van der Waals surface area contributed by atoms with Crippen molar-refractivity contribution in [3.63, 3.8) is 0 Å². The number of aliphatic hydroxyl groups is 1. The third kappa shape index (κ3) is 4.50. The number of amides is 1. The van der Waals surface area contributed by atoms with E-state index in [9.17, 15) is 19.8 Å². The molecule has 0 spiro atoms. The summed E-state index contributed by atoms with van der Waals surface area (Å²) in [6.07, 6.45) is 5.21. The monoisotopic (exact) mass is 568 g/mol. The first-order valence-electron chi connectivity index (χ1n) is 13.2. The molecule has 1 N–H and O–H groups in total. The average Bonchev–Trinajstić information content (AvgIpc) is 3.51. The third-order valence-electron chi connectivity index (χ3n) is 8.08. The molecule has 2 saturated heterocycles. The van der Waals surface area contributed by atoms with Crippen LogP contribution in [0, 0.1) is 11.8 Å². The number of imidazole rings is 1. The number of aromatic nitrogens is 2. The van der Waals surface area contributed by atoms with Crippen molar-refractivity contribution in [3.05, 3.63) is 58.5 Å². The van der Waals surface area contributed by atoms with Crippen molar-refractivity contribution in [1.82, 2.24) is 14.2 Å². The summed E-state index contributed by atoms with van der Waals surface area (Å²) in [5.74, 6) is -2.52. The van der Waals surface area contributed by atoms with Crippen LogP contribution in [0.1, 0.15) is 29.9 Å². The normalized spacial score (nSPS) is 24.4. The maximum Gasteiger partial charge on any atom is 0.250 e. The van der Waals surface area contributed by atoms with Gasteiger partial charge in [0.15, 0.2) is 0 Å². The molecule has 2 aromatic heterocycles. The first-order chi connectivity index (χ1) is 18.8. The van der Waals surface area contributed by atoms with Crippen LogP contribution in [0.15, 0.2) is 47.5 Å². The number of carbonyl (C=O) groups excluding carboxylic acids is 2. The van der Waals surface area contributed by atoms with Crippen LogP contribution >= 0.6 is 23.1 Å². The Kier molecular flexibility index (Phi) is 7.05. The molecule has 1 aromatic carbocycles. The van der Waals surface area contributed by atoms with E-state index >= 15 is 0 Å². The van der Waals surface area contributed by atoms with Gasteiger partial charge in [0.25, 0.3) is 6.33 Å². The van der Waals surface area contributed by atoms with Gasteiger partial charge in [-0.3, -0.25) is 9.69 Å². The van der Waals surface area contributed by atoms with Crippen LogP contribution in [0.3, 0.4) is 0 Å². The molecule has 0 aliphatic carbocycles. The summed E-state index contributed by atoms with van der Waals surface area (Å²) in [6.45, 7) is 8.62. The molecule has 0 saturated carbocycles. The summed E-state index contributed by atoms with van der Waals surface area (Å²) < 4.78 is 9.74. The number of carbonyl (C=O) groups is 2. The Morgan fingerprint density at radius 1 is 1.31 bits per heavy atom. The molecule has 5 heterocycles. The molecule has 9 nitrogen and oxygen atoms in total. The van der Waals surface area contributed by atoms with Crippen LogP contribution in [0.4, 0.5) is 0 Å². The van der Waals surface area contributed by atoms with Gasteiger partial charge in [-0.1, -0.05) is 54.3 Å². The molecule has 2 fully saturated rings. The number of aliphatic hydroxyl groups excluding tert-OH is 1. The third-order valence-corrected chi connectivity index (χ3v) is 10.2. The predicted octanol–water partition coefficient (Wildman–Crippen LogP) is 1.21. The molecule has 4 atom stereocenters. The second kappa shape index (κ2) is 10.4. The molecule has 39 heavy (non-hydrogen) atoms. The molecule has 6 rings (SSSR count). The van der Waals surface area contributed by atoms with Gasteiger partial charge in [0, 0.05) is 31.1 Å². The summed E-state index contributed by atoms with van der Waals surface area (Å²) in [6, 6.07) is 8.33. The number of hydrogen-bond donors (Lipinski definition) is 1. The Bertz CT molecular complexity index is 1470. The van der Waals surface area contributed by atoms with Gasteiger partial charge < -0.3 is 24.6 Å². The number of aliphatic carboxylic acids is 1. The average molecular weight is 569 g/mol. The van der Waals surface area contributed by atoms with Crippen LogP contribution in [0.25, 0.3) is 10.4 Å². The van der Waals surface area contributed by atoms with Gasteiger partial charge in [-0.15, -0.1) is 0 Å². The molecule has 3 aromatic rings. The predicted molar refractivity (Wildman–Crippen MR) is 146 cm³/mol. The molecule has 0 bridgehead atoms. The van der Waals surface area contributed by atoms with Gasteiger partial charge >= 0.3 is 0 Å². The summed E-state index contributed by atoms with van der Waals surface area (Å²) in [7, 11) is 0. The van der Waals surface area contributed by atoms with Crippen molar-refractivity contribution in [3.8, 4) is 0 Å². The topological polar surface area (TPSA) is 101 Å². The number of hydrogen-bond acceptors (Lipinski definition) is 8. The standard InChI is InChI=1S/C28H32N4O5S2/c1-16-21(24(28(35)36)32-23(16)22(17(2)33)25(32)34)20-14-31-15-30(26(38-3)27(31)39-20)13-19-6-4-5-18(11-19)12-29-7-9-37-10-8-29/h4-6,11,14-17,22-23,33H,7-10,12-13H2,1-3H3/t16-,17+,22+,23+/m0/s1. The highest BCUT2D eigenvalue weighted by Crippen LogP contribution is 2.51. The lowest BCUT2D eigenvalue weighted by Gasteiger charge is -2.47. The number of benzene rings is 1. The van der Waals surface area contributed by atoms with Crippen LogP contribution in [0.2, 0.25) is 0 Å². The van der Waals surface area contributed by atoms with E-state index in [0.717, 1.165) is 54.1 Å². The van der Waals surface area contributed by atoms with Crippen molar-refractivity contribution in [1.29, 1.82) is 0 Å². The molecule has 3 aliphatic heterocycles. The first-order valence-corrected chi connectivity index (χ1v) is 15.3. The summed E-state index contributed by atoms with van der Waals surface area (Å²) in [5.41, 5.74) is 3.06. The zero-order valence-corrected chi connectivity index (χ0v) is 23.8. The second-order valence-corrected chi connectivity index (χ2v) is 12.4. The number of morpholine rings is 1. The first kappa shape index (κ1) is 26.5. The molecular weight excluding hydrogens is 536 g/mol. The largest absolute Gasteiger partial charge is 0.543 e. The van der Waals surface area contributed by atoms with E-state index in [2.05, 4.69) is 33.7 Å². The Hall–Kier alpha value is -2.70. The number of carboxylic acids is 1. The smallest absolute Gasteiger partial charge is 0.250 e. The highest BCUT2D eigenvalue weighted by molar-refractivity contribution is 7.98. The maximum atomic E-state index is 12.7. The Morgan fingerprint density at radius 2 is 2.05 bits per heavy atom. The molecule has 0 radical (unpaired) electrons. The van der Waals surface area contributed by atoms with E-state index in [-0.39, 0.29) is 23.6 Å². The Balaban J connectivity index is 1.29. The number of thioether (sulfide) groups is 1. The Labute approximate surface area is 235 Å². The van der Waals surface area contributed by atoms with Crippen LogP contribution in [-0.2, 0) is 27.4 Å². The molecule has 3 aliphatic rings. The van der Waals surface area contributed by atoms with Gasteiger partial charge in [0.2, 0.25) is 15.8 Å². The van der Waals surface area contributed by atoms with Crippen LogP contribution in [0.5, 0.6) is 0 Å². The van der Waals surface area contributed by atoms with E-state index in [0.29, 0.717) is 5.57 Å². The highest BCUT2D eigenvalue weighted by Gasteiger charge is 2.59. The lowest BCUT2D eigenvalue weighted by atomic mass is 9.77. The number of nitrogens with zero attached hydrogens (tertiary/aromatic N) is 4. The van der Waals surface area contributed by atoms with Gasteiger partial charge in [0.05, 0.1) is 47.8 Å². The minimum absolute atomic E-state index is 0.0606. The number of thiazole rings is 1. The van der Waals surface area contributed by atoms with E-state index < -0.39 is 18.0 Å². The number of fused-ring (bicyclic) bond motifs is 2. The van der Waals surface area contributed by atoms with Crippen molar-refractivity contribution in [2.45, 2.75) is 44.1 Å². The fourth-order valence-electron chi connectivity index (χ4n) is 6.30. The summed E-state index contributed by atoms with van der Waals surface area (Å²) >= 11 is 3.18. The van der Waals surface area contributed by atoms with Gasteiger partial charge in [-0.2, -0.15) is 4.40 Å². The molecule has 0 unspecified atom stereocenters. The number of ether oxygens (including phenoxy) is 1. The zero-order valence-electron chi connectivity index (χ0n) is 22.2. The van der Waals surface area contributed by atoms with Gasteiger partial charge in [-0.05, 0) is 24.3 Å². The quantitative estimate of drug-likeness (QED) is 0.248. The molecule has 206 valence electrons. The van der Waals surface area contributed by atoms with Gasteiger partial charge in [0.1, 0.15) is 12.7 Å². The fraction of sp³-hybridized carbons (Fsp3) is 0.464. The minimum Gasteiger partial charge on any atom is -0.543 e. The highest BCUT2D eigenvalue weighted by atomic mass is 32.2. The van der Waals surface area contributed by atoms with Crippen molar-refractivity contribution >= 4 is 45.4 Å². The van der Waals surface area contributed by atoms with Gasteiger partial charge in [-0.25, -0.2) is 4.57 Å². The number of rotatable bonds is 8. The lowest BCUT2D eigenvalue weighted by molar-refractivity contribution is -0.721. The van der Waals surface area contributed by atoms with Crippen LogP contribution in [-0.4, -0.2) is 75.9 Å². The van der Waals surface area contributed by atoms with E-state index in [4.69, 9.17) is 4.74 Å². The maximum absolute atomic E-state index is 12.7. The van der Waals surface area contributed by atoms with Crippen LogP contribution < -0.4 is 9.67 Å². The summed E-state index contributed by atoms with van der Waals surface area (Å²) in [5, 5.41) is 23.4. The van der Waals surface area contributed by atoms with E-state index in [1.165, 1.54) is 27.4 Å². The molecule has 11 heteroatoms. The molecule has 1 amide bonds. The van der Waals surface area contributed by atoms with Crippen molar-refractivity contribution in [2.24, 2.45) is 11.8 Å². The van der Waals surface area contributed by atoms with Crippen molar-refractivity contribution < 1.29 is 29.1 Å². The number of carboxylic acid groups (broad SMARTS) is 1. The summed E-state index contributed by atoms with van der Waals surface area (Å²) in [4.78, 5) is 30.5. The second-order valence-electron chi connectivity index (χ2n) is 10.6. The minimum atomic E-state index is -1.35. The SMILES string of the molecule is CSc1c2sc(C3=C(C(=O)[O-])N4C(=O)[C@H]([C@@H](C)O)[C@H]4[C@H]3C)cn2c[n+]1Cc1cccc(CN2CCOCC2)c1. The van der Waals surface area contributed by atoms with E-state index in [1.807, 2.05) is 30.1 Å². The van der Waals surface area contributed by atoms with Crippen molar-refractivity contribution in [2.75, 3.05) is 32.6 Å². The van der Waals surface area contributed by atoms with E-state index in [1.54, 1.807) is 18.7 Å². The Morgan fingerprint density at radius 3 is 2.74 bits per heavy atom. The number of β-lactam (4-membered cyclic amide) rings is 1. The zero-order chi connectivity index (χ0) is 27.4. The fourth-order valence-corrected chi connectivity index (χ4v) is 8.48. The lowest BCUT2D eigenvalue weighted by Crippen LogP contribution is -2.64. The molecular formula is C28H32N4O5S2.